The number of hydrogen-bond donors (Lipinski definition) is 1. The predicted octanol–water partition coefficient (Wildman–Crippen LogP) is -0.0972. The second kappa shape index (κ2) is 5.99. The Morgan fingerprint density at radius 3 is 2.56 bits per heavy atom. The second-order valence-electron chi connectivity index (χ2n) is 5.42. The van der Waals surface area contributed by atoms with E-state index in [1.54, 1.807) is 0 Å². The Morgan fingerprint density at radius 1 is 1.44 bits per heavy atom. The molecule has 0 aromatic carbocycles. The van der Waals surface area contributed by atoms with Gasteiger partial charge in [-0.25, -0.2) is 0 Å². The third kappa shape index (κ3) is 3.02. The van der Waals surface area contributed by atoms with Gasteiger partial charge in [-0.2, -0.15) is 0 Å². The molecule has 1 aliphatic heterocycles. The minimum absolute atomic E-state index is 0.0859. The Labute approximate surface area is 109 Å². The average Bonchev–Trinajstić information content (AvgIpc) is 3.23. The van der Waals surface area contributed by atoms with E-state index in [9.17, 15) is 4.79 Å². The molecule has 0 aromatic heterocycles. The lowest BCUT2D eigenvalue weighted by molar-refractivity contribution is -0.140. The first-order chi connectivity index (χ1) is 8.65. The van der Waals surface area contributed by atoms with Crippen LogP contribution in [0.1, 0.15) is 19.8 Å². The number of nitrogens with two attached hydrogens (primary N) is 1. The van der Waals surface area contributed by atoms with E-state index in [4.69, 9.17) is 10.5 Å². The van der Waals surface area contributed by atoms with Crippen molar-refractivity contribution in [1.29, 1.82) is 0 Å². The predicted molar refractivity (Wildman–Crippen MR) is 70.2 cm³/mol. The number of carbonyl (C=O) groups is 1. The van der Waals surface area contributed by atoms with Gasteiger partial charge in [-0.3, -0.25) is 9.69 Å². The second-order valence-corrected chi connectivity index (χ2v) is 5.42. The number of nitrogens with zero attached hydrogens (tertiary/aromatic N) is 2. The maximum atomic E-state index is 12.4. The van der Waals surface area contributed by atoms with Crippen molar-refractivity contribution in [3.05, 3.63) is 0 Å². The van der Waals surface area contributed by atoms with Crippen LogP contribution in [0.4, 0.5) is 0 Å². The number of likely N-dealkylation sites (N-methyl/N-ethyl adjacent to an activating group) is 1. The molecule has 2 N–H and O–H groups in total. The van der Waals surface area contributed by atoms with Gasteiger partial charge in [-0.15, -0.1) is 0 Å². The van der Waals surface area contributed by atoms with Gasteiger partial charge in [0.25, 0.3) is 0 Å². The molecule has 0 radical (unpaired) electrons. The highest BCUT2D eigenvalue weighted by Gasteiger charge is 2.37. The van der Waals surface area contributed by atoms with Crippen LogP contribution in [0.25, 0.3) is 0 Å². The number of amides is 1. The lowest BCUT2D eigenvalue weighted by Crippen LogP contribution is -2.53. The average molecular weight is 255 g/mol. The molecule has 18 heavy (non-hydrogen) atoms. The maximum absolute atomic E-state index is 12.4. The molecule has 5 nitrogen and oxygen atoms in total. The Kier molecular flexibility index (Phi) is 4.59. The molecule has 2 aliphatic rings. The fourth-order valence-corrected chi connectivity index (χ4v) is 2.68. The Bertz CT molecular complexity index is 288. The molecule has 1 aliphatic carbocycles. The van der Waals surface area contributed by atoms with E-state index in [-0.39, 0.29) is 11.9 Å². The van der Waals surface area contributed by atoms with Crippen LogP contribution in [-0.2, 0) is 9.53 Å². The van der Waals surface area contributed by atoms with E-state index in [1.807, 2.05) is 18.9 Å². The van der Waals surface area contributed by atoms with Crippen LogP contribution in [-0.4, -0.2) is 67.7 Å². The molecule has 1 heterocycles. The van der Waals surface area contributed by atoms with Gasteiger partial charge < -0.3 is 15.4 Å². The van der Waals surface area contributed by atoms with E-state index >= 15 is 0 Å². The van der Waals surface area contributed by atoms with Crippen molar-refractivity contribution in [3.63, 3.8) is 0 Å². The number of rotatable bonds is 5. The summed E-state index contributed by atoms with van der Waals surface area (Å²) >= 11 is 0. The highest BCUT2D eigenvalue weighted by Crippen LogP contribution is 2.35. The molecule has 1 saturated heterocycles. The van der Waals surface area contributed by atoms with E-state index in [2.05, 4.69) is 4.90 Å². The van der Waals surface area contributed by atoms with Gasteiger partial charge in [0.1, 0.15) is 0 Å². The first-order valence-corrected chi connectivity index (χ1v) is 6.93. The highest BCUT2D eigenvalue weighted by molar-refractivity contribution is 5.81. The smallest absolute Gasteiger partial charge is 0.239 e. The van der Waals surface area contributed by atoms with E-state index in [1.165, 1.54) is 12.8 Å². The molecule has 2 fully saturated rings. The summed E-state index contributed by atoms with van der Waals surface area (Å²) in [5.74, 6) is 0.903. The monoisotopic (exact) mass is 255 g/mol. The van der Waals surface area contributed by atoms with Crippen molar-refractivity contribution in [1.82, 2.24) is 9.80 Å². The van der Waals surface area contributed by atoms with Crippen LogP contribution in [0.3, 0.4) is 0 Å². The van der Waals surface area contributed by atoms with Crippen molar-refractivity contribution in [2.75, 3.05) is 39.9 Å². The molecule has 0 spiro atoms. The summed E-state index contributed by atoms with van der Waals surface area (Å²) in [6.45, 7) is 5.38. The molecule has 0 bridgehead atoms. The minimum Gasteiger partial charge on any atom is -0.378 e. The van der Waals surface area contributed by atoms with E-state index < -0.39 is 0 Å². The summed E-state index contributed by atoms with van der Waals surface area (Å²) in [6, 6.07) is 0.266. The van der Waals surface area contributed by atoms with Crippen LogP contribution in [0, 0.1) is 5.92 Å². The zero-order chi connectivity index (χ0) is 13.1. The van der Waals surface area contributed by atoms with Crippen LogP contribution >= 0.6 is 0 Å². The Hall–Kier alpha value is -0.650. The van der Waals surface area contributed by atoms with Crippen LogP contribution in [0.2, 0.25) is 0 Å². The van der Waals surface area contributed by atoms with Crippen molar-refractivity contribution in [2.45, 2.75) is 31.8 Å². The van der Waals surface area contributed by atoms with E-state index in [0.29, 0.717) is 44.8 Å². The fourth-order valence-electron chi connectivity index (χ4n) is 2.68. The minimum atomic E-state index is -0.0859. The topological polar surface area (TPSA) is 58.8 Å². The van der Waals surface area contributed by atoms with Crippen LogP contribution in [0.5, 0.6) is 0 Å². The van der Waals surface area contributed by atoms with Gasteiger partial charge in [-0.1, -0.05) is 0 Å². The van der Waals surface area contributed by atoms with Crippen LogP contribution < -0.4 is 5.73 Å². The SMILES string of the molecule is CC(C(=O)N1CCOCC1)N(C)C(CN)C1CC1. The molecule has 0 aromatic rings. The Balaban J connectivity index is 1.91. The van der Waals surface area contributed by atoms with Crippen molar-refractivity contribution < 1.29 is 9.53 Å². The largest absolute Gasteiger partial charge is 0.378 e. The van der Waals surface area contributed by atoms with Gasteiger partial charge in [0.15, 0.2) is 0 Å². The van der Waals surface area contributed by atoms with E-state index in [0.717, 1.165) is 0 Å². The van der Waals surface area contributed by atoms with Gasteiger partial charge in [0.2, 0.25) is 5.91 Å². The quantitative estimate of drug-likeness (QED) is 0.745. The first kappa shape index (κ1) is 13.8. The molecule has 1 saturated carbocycles. The number of hydrogen-bond acceptors (Lipinski definition) is 4. The van der Waals surface area contributed by atoms with Crippen molar-refractivity contribution in [2.24, 2.45) is 11.7 Å². The van der Waals surface area contributed by atoms with Gasteiger partial charge in [0.05, 0.1) is 19.3 Å². The summed E-state index contributed by atoms with van der Waals surface area (Å²) in [4.78, 5) is 16.5. The normalized spacial score (nSPS) is 24.1. The Morgan fingerprint density at radius 2 is 2.06 bits per heavy atom. The molecule has 104 valence electrons. The van der Waals surface area contributed by atoms with Gasteiger partial charge >= 0.3 is 0 Å². The summed E-state index contributed by atoms with van der Waals surface area (Å²) in [5.41, 5.74) is 5.84. The molecule has 2 atom stereocenters. The highest BCUT2D eigenvalue weighted by atomic mass is 16.5. The fraction of sp³-hybridized carbons (Fsp3) is 0.923. The third-order valence-corrected chi connectivity index (χ3v) is 4.22. The molecule has 2 rings (SSSR count). The first-order valence-electron chi connectivity index (χ1n) is 6.93. The molecule has 1 amide bonds. The summed E-state index contributed by atoms with van der Waals surface area (Å²) < 4.78 is 5.28. The number of morpholine rings is 1. The molecule has 5 heteroatoms. The van der Waals surface area contributed by atoms with Crippen molar-refractivity contribution in [3.8, 4) is 0 Å². The zero-order valence-corrected chi connectivity index (χ0v) is 11.5. The number of ether oxygens (including phenoxy) is 1. The summed E-state index contributed by atoms with van der Waals surface area (Å²) in [6.07, 6.45) is 2.51. The third-order valence-electron chi connectivity index (χ3n) is 4.22. The summed E-state index contributed by atoms with van der Waals surface area (Å²) in [7, 11) is 2.03. The molecular weight excluding hydrogens is 230 g/mol. The summed E-state index contributed by atoms with van der Waals surface area (Å²) in [5, 5.41) is 0. The number of carbonyl (C=O) groups excluding carboxylic acids is 1. The van der Waals surface area contributed by atoms with Gasteiger partial charge in [-0.05, 0) is 32.7 Å². The van der Waals surface area contributed by atoms with Gasteiger partial charge in [0, 0.05) is 25.7 Å². The standard InChI is InChI=1S/C13H25N3O2/c1-10(13(17)16-5-7-18-8-6-16)15(2)12(9-14)11-3-4-11/h10-12H,3-9,14H2,1-2H3. The lowest BCUT2D eigenvalue weighted by atomic mass is 10.1. The molecule has 2 unspecified atom stereocenters. The molecular formula is C13H25N3O2. The zero-order valence-electron chi connectivity index (χ0n) is 11.5. The van der Waals surface area contributed by atoms with Crippen LogP contribution in [0.15, 0.2) is 0 Å². The maximum Gasteiger partial charge on any atom is 0.239 e. The van der Waals surface area contributed by atoms with Crippen molar-refractivity contribution >= 4 is 5.91 Å². The lowest BCUT2D eigenvalue weighted by Gasteiger charge is -2.36.